The molecule has 0 aromatic rings. The van der Waals surface area contributed by atoms with Crippen molar-refractivity contribution in [3.63, 3.8) is 0 Å². The number of rotatable bonds is 3. The third-order valence-corrected chi connectivity index (χ3v) is 2.39. The number of nitrogens with zero attached hydrogens (tertiary/aromatic N) is 2. The molecule has 1 fully saturated rings. The molecule has 1 aliphatic heterocycles. The Bertz CT molecular complexity index is 403. The number of hydrogen-bond donors (Lipinski definition) is 0. The molecule has 0 aromatic heterocycles. The average Bonchev–Trinajstić information content (AvgIpc) is 2.61. The molecule has 0 aromatic carbocycles. The van der Waals surface area contributed by atoms with Gasteiger partial charge in [0.25, 0.3) is 0 Å². The largest absolute Gasteiger partial charge is 0.402 e. The number of carbonyl (C=O) groups is 1. The monoisotopic (exact) mass is 220 g/mol. The van der Waals surface area contributed by atoms with Crippen molar-refractivity contribution in [2.45, 2.75) is 19.8 Å². The minimum atomic E-state index is -0.384. The molecule has 1 rings (SSSR count). The van der Waals surface area contributed by atoms with E-state index in [1.165, 1.54) is 0 Å². The first-order chi connectivity index (χ1) is 7.63. The van der Waals surface area contributed by atoms with Crippen LogP contribution in [0.5, 0.6) is 0 Å². The molecule has 0 N–H and O–H groups in total. The van der Waals surface area contributed by atoms with Crippen LogP contribution in [0.2, 0.25) is 0 Å². The van der Waals surface area contributed by atoms with E-state index >= 15 is 0 Å². The summed E-state index contributed by atoms with van der Waals surface area (Å²) in [5, 5.41) is 0. The fourth-order valence-electron chi connectivity index (χ4n) is 1.34. The Morgan fingerprint density at radius 2 is 2.12 bits per heavy atom. The highest BCUT2D eigenvalue weighted by molar-refractivity contribution is 6.56. The third kappa shape index (κ3) is 2.45. The van der Waals surface area contributed by atoms with Crippen LogP contribution in [0.1, 0.15) is 19.8 Å². The molecule has 0 spiro atoms. The maximum atomic E-state index is 11.5. The minimum absolute atomic E-state index is 0.292. The summed E-state index contributed by atoms with van der Waals surface area (Å²) in [5.41, 5.74) is 2.08. The first-order valence-corrected chi connectivity index (χ1v) is 5.17. The molecule has 0 bridgehead atoms. The number of esters is 1. The Kier molecular flexibility index (Phi) is 4.17. The Morgan fingerprint density at radius 1 is 1.44 bits per heavy atom. The van der Waals surface area contributed by atoms with Crippen molar-refractivity contribution in [1.82, 2.24) is 0 Å². The van der Waals surface area contributed by atoms with Crippen molar-refractivity contribution in [2.75, 3.05) is 14.1 Å². The standard InChI is InChI=1S/C12H16N2O2/c1-5-8(2)6-7-9-10(13-3)11(14-4)16-12(9)15/h7H,2,5-6H2,1,3-4H3. The summed E-state index contributed by atoms with van der Waals surface area (Å²) < 4.78 is 4.97. The lowest BCUT2D eigenvalue weighted by molar-refractivity contribution is -0.129. The summed E-state index contributed by atoms with van der Waals surface area (Å²) in [5.74, 6) is -0.0917. The summed E-state index contributed by atoms with van der Waals surface area (Å²) in [6.45, 7) is 5.91. The topological polar surface area (TPSA) is 51.0 Å². The van der Waals surface area contributed by atoms with E-state index in [4.69, 9.17) is 4.74 Å². The zero-order chi connectivity index (χ0) is 12.1. The summed E-state index contributed by atoms with van der Waals surface area (Å²) in [6.07, 6.45) is 3.36. The van der Waals surface area contributed by atoms with Crippen molar-refractivity contribution in [1.29, 1.82) is 0 Å². The van der Waals surface area contributed by atoms with Crippen LogP contribution < -0.4 is 0 Å². The first kappa shape index (κ1) is 12.4. The molecule has 1 saturated heterocycles. The zero-order valence-electron chi connectivity index (χ0n) is 9.91. The summed E-state index contributed by atoms with van der Waals surface area (Å²) in [6, 6.07) is 0. The predicted molar refractivity (Wildman–Crippen MR) is 64.9 cm³/mol. The van der Waals surface area contributed by atoms with Crippen LogP contribution in [-0.2, 0) is 9.53 Å². The van der Waals surface area contributed by atoms with Crippen molar-refractivity contribution in [2.24, 2.45) is 9.98 Å². The zero-order valence-corrected chi connectivity index (χ0v) is 9.91. The quantitative estimate of drug-likeness (QED) is 0.414. The van der Waals surface area contributed by atoms with Gasteiger partial charge in [0.2, 0.25) is 5.90 Å². The van der Waals surface area contributed by atoms with Gasteiger partial charge in [-0.3, -0.25) is 9.98 Å². The van der Waals surface area contributed by atoms with E-state index in [0.717, 1.165) is 12.0 Å². The second-order valence-electron chi connectivity index (χ2n) is 3.42. The van der Waals surface area contributed by atoms with Crippen LogP contribution in [0.4, 0.5) is 0 Å². The van der Waals surface area contributed by atoms with E-state index in [2.05, 4.69) is 16.6 Å². The molecule has 0 unspecified atom stereocenters. The summed E-state index contributed by atoms with van der Waals surface area (Å²) in [7, 11) is 3.19. The average molecular weight is 220 g/mol. The van der Waals surface area contributed by atoms with Crippen molar-refractivity contribution in [3.05, 3.63) is 23.8 Å². The molecule has 0 aliphatic carbocycles. The molecule has 0 radical (unpaired) electrons. The molecule has 1 heterocycles. The van der Waals surface area contributed by atoms with Crippen LogP contribution in [-0.4, -0.2) is 31.7 Å². The maximum absolute atomic E-state index is 11.5. The first-order valence-electron chi connectivity index (χ1n) is 5.17. The Morgan fingerprint density at radius 3 is 2.62 bits per heavy atom. The second kappa shape index (κ2) is 5.39. The van der Waals surface area contributed by atoms with E-state index in [9.17, 15) is 4.79 Å². The van der Waals surface area contributed by atoms with Gasteiger partial charge in [-0.1, -0.05) is 25.2 Å². The molecule has 86 valence electrons. The smallest absolute Gasteiger partial charge is 0.347 e. The van der Waals surface area contributed by atoms with Gasteiger partial charge in [0, 0.05) is 14.1 Å². The van der Waals surface area contributed by atoms with Crippen LogP contribution in [0, 0.1) is 0 Å². The molecular formula is C12H16N2O2. The van der Waals surface area contributed by atoms with Gasteiger partial charge < -0.3 is 4.74 Å². The van der Waals surface area contributed by atoms with Gasteiger partial charge >= 0.3 is 5.97 Å². The molecular weight excluding hydrogens is 204 g/mol. The van der Waals surface area contributed by atoms with Crippen LogP contribution in [0.15, 0.2) is 33.8 Å². The normalized spacial score (nSPS) is 23.2. The third-order valence-electron chi connectivity index (χ3n) is 2.39. The van der Waals surface area contributed by atoms with Gasteiger partial charge in [-0.05, 0) is 12.8 Å². The summed E-state index contributed by atoms with van der Waals surface area (Å²) >= 11 is 0. The number of ether oxygens (including phenoxy) is 1. The lowest BCUT2D eigenvalue weighted by Gasteiger charge is -1.97. The van der Waals surface area contributed by atoms with Gasteiger partial charge in [-0.15, -0.1) is 0 Å². The molecule has 0 amide bonds. The number of carbonyl (C=O) groups excluding carboxylic acids is 1. The molecule has 0 saturated carbocycles. The van der Waals surface area contributed by atoms with Crippen LogP contribution >= 0.6 is 0 Å². The number of hydrogen-bond acceptors (Lipinski definition) is 4. The fourth-order valence-corrected chi connectivity index (χ4v) is 1.34. The van der Waals surface area contributed by atoms with Crippen LogP contribution in [0.25, 0.3) is 0 Å². The van der Waals surface area contributed by atoms with Gasteiger partial charge in [-0.2, -0.15) is 0 Å². The highest BCUT2D eigenvalue weighted by Gasteiger charge is 2.32. The lowest BCUT2D eigenvalue weighted by Crippen LogP contribution is -2.08. The lowest BCUT2D eigenvalue weighted by atomic mass is 10.1. The highest BCUT2D eigenvalue weighted by Crippen LogP contribution is 2.16. The van der Waals surface area contributed by atoms with Gasteiger partial charge in [-0.25, -0.2) is 4.79 Å². The van der Waals surface area contributed by atoms with E-state index in [1.54, 1.807) is 20.2 Å². The SMILES string of the molecule is C=C(CC)CC=C1C(=O)OC(=NC)C1=NC. The Balaban J connectivity index is 2.95. The van der Waals surface area contributed by atoms with Crippen molar-refractivity contribution in [3.8, 4) is 0 Å². The fraction of sp³-hybridized carbons (Fsp3) is 0.417. The number of allylic oxidation sites excluding steroid dienone is 2. The van der Waals surface area contributed by atoms with Crippen LogP contribution in [0.3, 0.4) is 0 Å². The van der Waals surface area contributed by atoms with Gasteiger partial charge in [0.05, 0.1) is 5.57 Å². The molecule has 4 nitrogen and oxygen atoms in total. The predicted octanol–water partition coefficient (Wildman–Crippen LogP) is 1.92. The second-order valence-corrected chi connectivity index (χ2v) is 3.42. The van der Waals surface area contributed by atoms with E-state index in [1.807, 2.05) is 6.92 Å². The van der Waals surface area contributed by atoms with E-state index in [0.29, 0.717) is 23.6 Å². The van der Waals surface area contributed by atoms with Crippen molar-refractivity contribution < 1.29 is 9.53 Å². The Hall–Kier alpha value is -1.71. The molecule has 0 atom stereocenters. The highest BCUT2D eigenvalue weighted by atomic mass is 16.5. The molecule has 1 aliphatic rings. The van der Waals surface area contributed by atoms with Gasteiger partial charge in [0.1, 0.15) is 5.71 Å². The molecule has 16 heavy (non-hydrogen) atoms. The Labute approximate surface area is 95.4 Å². The number of cyclic esters (lactones) is 1. The van der Waals surface area contributed by atoms with E-state index < -0.39 is 0 Å². The van der Waals surface area contributed by atoms with Crippen molar-refractivity contribution >= 4 is 17.6 Å². The maximum Gasteiger partial charge on any atom is 0.347 e. The van der Waals surface area contributed by atoms with Gasteiger partial charge in [0.15, 0.2) is 0 Å². The van der Waals surface area contributed by atoms with E-state index in [-0.39, 0.29) is 5.97 Å². The minimum Gasteiger partial charge on any atom is -0.402 e. The summed E-state index contributed by atoms with van der Waals surface area (Å²) in [4.78, 5) is 19.4. The molecule has 4 heteroatoms. The number of aliphatic imine (C=N–C) groups is 2.